The van der Waals surface area contributed by atoms with E-state index in [1.165, 1.54) is 0 Å². The van der Waals surface area contributed by atoms with Gasteiger partial charge in [0, 0.05) is 0 Å². The highest BCUT2D eigenvalue weighted by Gasteiger charge is 2.12. The van der Waals surface area contributed by atoms with E-state index < -0.39 is 11.8 Å². The Morgan fingerprint density at radius 3 is 2.42 bits per heavy atom. The fraction of sp³-hybridized carbons (Fsp3) is 0. The number of amides is 2. The van der Waals surface area contributed by atoms with Crippen molar-refractivity contribution < 1.29 is 14.0 Å². The van der Waals surface area contributed by atoms with Crippen molar-refractivity contribution in [3.8, 4) is 0 Å². The van der Waals surface area contributed by atoms with E-state index in [1.807, 2.05) is 0 Å². The number of aromatic nitrogens is 2. The molecule has 1 aromatic heterocycles. The zero-order valence-electron chi connectivity index (χ0n) is 5.85. The van der Waals surface area contributed by atoms with Crippen LogP contribution in [-0.2, 0) is 4.79 Å². The van der Waals surface area contributed by atoms with E-state index in [2.05, 4.69) is 14.6 Å². The molecule has 0 atom stereocenters. The summed E-state index contributed by atoms with van der Waals surface area (Å²) >= 11 is 0. The molecule has 1 radical (unpaired) electrons. The smallest absolute Gasteiger partial charge is 0.306 e. The molecule has 0 unspecified atom stereocenters. The second-order valence-electron chi connectivity index (χ2n) is 1.86. The summed E-state index contributed by atoms with van der Waals surface area (Å²) < 4.78 is 4.60. The fourth-order valence-electron chi connectivity index (χ4n) is 0.514. The quantitative estimate of drug-likeness (QED) is 0.552. The number of primary amides is 2. The Balaban J connectivity index is 2.77. The topological polar surface area (TPSA) is 125 Å². The molecular formula is C5H5N4O3. The first-order valence-electron chi connectivity index (χ1n) is 2.87. The van der Waals surface area contributed by atoms with Gasteiger partial charge in [-0.05, 0) is 0 Å². The molecule has 0 aromatic carbocycles. The molecule has 63 valence electrons. The van der Waals surface area contributed by atoms with E-state index in [9.17, 15) is 9.59 Å². The normalized spacial score (nSPS) is 9.67. The van der Waals surface area contributed by atoms with Gasteiger partial charge in [0.15, 0.2) is 0 Å². The number of hydrogen-bond donors (Lipinski definition) is 2. The summed E-state index contributed by atoms with van der Waals surface area (Å²) in [7, 11) is 0. The monoisotopic (exact) mass is 169 g/mol. The van der Waals surface area contributed by atoms with Crippen molar-refractivity contribution in [3.63, 3.8) is 0 Å². The summed E-state index contributed by atoms with van der Waals surface area (Å²) in [5, 5.41) is 6.54. The molecule has 0 aliphatic carbocycles. The van der Waals surface area contributed by atoms with Gasteiger partial charge in [0.25, 0.3) is 0 Å². The molecule has 0 fully saturated rings. The molecule has 2 amide bonds. The fourth-order valence-corrected chi connectivity index (χ4v) is 0.514. The molecule has 0 aliphatic rings. The molecule has 12 heavy (non-hydrogen) atoms. The summed E-state index contributed by atoms with van der Waals surface area (Å²) in [4.78, 5) is 20.7. The second-order valence-corrected chi connectivity index (χ2v) is 1.86. The minimum absolute atomic E-state index is 0.142. The Hall–Kier alpha value is -1.92. The van der Waals surface area contributed by atoms with Gasteiger partial charge in [0.05, 0.1) is 0 Å². The van der Waals surface area contributed by atoms with Gasteiger partial charge in [-0.2, -0.15) is 0 Å². The Kier molecular flexibility index (Phi) is 2.04. The highest BCUT2D eigenvalue weighted by molar-refractivity contribution is 5.88. The van der Waals surface area contributed by atoms with Gasteiger partial charge in [-0.15, -0.1) is 10.2 Å². The Bertz CT molecular complexity index is 318. The summed E-state index contributed by atoms with van der Waals surface area (Å²) in [5.74, 6) is -2.10. The van der Waals surface area contributed by atoms with Crippen molar-refractivity contribution in [1.29, 1.82) is 0 Å². The molecule has 0 saturated heterocycles. The largest absolute Gasteiger partial charge is 0.416 e. The Labute approximate surface area is 66.7 Å². The van der Waals surface area contributed by atoms with Crippen molar-refractivity contribution in [2.45, 2.75) is 0 Å². The van der Waals surface area contributed by atoms with E-state index in [0.717, 1.165) is 6.42 Å². The summed E-state index contributed by atoms with van der Waals surface area (Å²) in [6, 6.07) is 0. The number of hydrogen-bond acceptors (Lipinski definition) is 5. The van der Waals surface area contributed by atoms with E-state index in [1.54, 1.807) is 0 Å². The van der Waals surface area contributed by atoms with Gasteiger partial charge in [-0.3, -0.25) is 9.59 Å². The predicted octanol–water partition coefficient (Wildman–Crippen LogP) is -1.79. The van der Waals surface area contributed by atoms with E-state index in [-0.39, 0.29) is 11.8 Å². The molecule has 0 aliphatic heterocycles. The molecule has 1 rings (SSSR count). The molecule has 0 saturated carbocycles. The van der Waals surface area contributed by atoms with Crippen LogP contribution in [0.1, 0.15) is 16.6 Å². The number of nitrogens with zero attached hydrogens (tertiary/aromatic N) is 2. The average Bonchev–Trinajstić information content (AvgIpc) is 2.34. The lowest BCUT2D eigenvalue weighted by Gasteiger charge is -1.84. The first kappa shape index (κ1) is 8.18. The van der Waals surface area contributed by atoms with Crippen LogP contribution in [0.5, 0.6) is 0 Å². The van der Waals surface area contributed by atoms with Crippen LogP contribution in [0.2, 0.25) is 0 Å². The van der Waals surface area contributed by atoms with Gasteiger partial charge in [0.2, 0.25) is 11.8 Å². The van der Waals surface area contributed by atoms with Gasteiger partial charge in [-0.25, -0.2) is 0 Å². The third-order valence-corrected chi connectivity index (χ3v) is 0.917. The highest BCUT2D eigenvalue weighted by Crippen LogP contribution is 2.00. The van der Waals surface area contributed by atoms with Gasteiger partial charge < -0.3 is 15.9 Å². The Morgan fingerprint density at radius 2 is 2.00 bits per heavy atom. The van der Waals surface area contributed by atoms with Crippen LogP contribution >= 0.6 is 0 Å². The van der Waals surface area contributed by atoms with E-state index in [0.29, 0.717) is 0 Å². The zero-order valence-corrected chi connectivity index (χ0v) is 5.85. The minimum atomic E-state index is -0.855. The van der Waals surface area contributed by atoms with Crippen LogP contribution in [0.4, 0.5) is 0 Å². The summed E-state index contributed by atoms with van der Waals surface area (Å²) in [5.41, 5.74) is 9.56. The molecule has 4 N–H and O–H groups in total. The van der Waals surface area contributed by atoms with Crippen LogP contribution in [0, 0.1) is 6.42 Å². The van der Waals surface area contributed by atoms with Crippen LogP contribution in [-0.4, -0.2) is 22.0 Å². The standard InChI is InChI=1S/C5H5N4O3/c6-2(10)1-3-8-9-5(12-3)4(7)11/h1H,(H2,6,10)(H2,7,11). The molecule has 1 heterocycles. The summed E-state index contributed by atoms with van der Waals surface area (Å²) in [6.45, 7) is 0. The highest BCUT2D eigenvalue weighted by atomic mass is 16.4. The SMILES string of the molecule is NC(=O)[CH]c1nnc(C(N)=O)o1. The first-order valence-corrected chi connectivity index (χ1v) is 2.87. The van der Waals surface area contributed by atoms with Gasteiger partial charge in [-0.1, -0.05) is 0 Å². The van der Waals surface area contributed by atoms with E-state index >= 15 is 0 Å². The lowest BCUT2D eigenvalue weighted by Crippen LogP contribution is -2.12. The molecule has 7 nitrogen and oxygen atoms in total. The molecular weight excluding hydrogens is 164 g/mol. The van der Waals surface area contributed by atoms with Gasteiger partial charge >= 0.3 is 11.8 Å². The van der Waals surface area contributed by atoms with Crippen LogP contribution in [0.25, 0.3) is 0 Å². The molecule has 1 aromatic rings. The number of rotatable bonds is 3. The lowest BCUT2D eigenvalue weighted by molar-refractivity contribution is -0.114. The average molecular weight is 169 g/mol. The van der Waals surface area contributed by atoms with Crippen LogP contribution in [0.3, 0.4) is 0 Å². The minimum Gasteiger partial charge on any atom is -0.416 e. The molecule has 0 bridgehead atoms. The van der Waals surface area contributed by atoms with Gasteiger partial charge in [0.1, 0.15) is 6.42 Å². The first-order chi connectivity index (χ1) is 5.59. The third-order valence-electron chi connectivity index (χ3n) is 0.917. The zero-order chi connectivity index (χ0) is 9.14. The third kappa shape index (κ3) is 1.78. The maximum atomic E-state index is 10.4. The maximum Gasteiger partial charge on any atom is 0.306 e. The maximum absolute atomic E-state index is 10.4. The Morgan fingerprint density at radius 1 is 1.33 bits per heavy atom. The molecule has 0 spiro atoms. The van der Waals surface area contributed by atoms with Crippen LogP contribution in [0.15, 0.2) is 4.42 Å². The van der Waals surface area contributed by atoms with Crippen molar-refractivity contribution >= 4 is 11.8 Å². The summed E-state index contributed by atoms with van der Waals surface area (Å²) in [6.07, 6.45) is 0.888. The molecule has 7 heteroatoms. The van der Waals surface area contributed by atoms with E-state index in [4.69, 9.17) is 11.5 Å². The van der Waals surface area contributed by atoms with Crippen molar-refractivity contribution in [3.05, 3.63) is 18.2 Å². The van der Waals surface area contributed by atoms with Crippen molar-refractivity contribution in [1.82, 2.24) is 10.2 Å². The number of carbonyl (C=O) groups is 2. The predicted molar refractivity (Wildman–Crippen MR) is 35.4 cm³/mol. The number of carbonyl (C=O) groups excluding carboxylic acids is 2. The lowest BCUT2D eigenvalue weighted by atomic mass is 10.4. The van der Waals surface area contributed by atoms with Crippen molar-refractivity contribution in [2.75, 3.05) is 0 Å². The number of nitrogens with two attached hydrogens (primary N) is 2. The van der Waals surface area contributed by atoms with Crippen LogP contribution < -0.4 is 11.5 Å². The second kappa shape index (κ2) is 2.99. The van der Waals surface area contributed by atoms with Crippen molar-refractivity contribution in [2.24, 2.45) is 11.5 Å².